The van der Waals surface area contributed by atoms with Crippen LogP contribution in [0.1, 0.15) is 12.8 Å². The molecule has 4 nitrogen and oxygen atoms in total. The SMILES string of the molecule is C=C1C[C@H](S(C)(=O)=O)CC1(CO)CO. The molecule has 0 bridgehead atoms. The monoisotopic (exact) mass is 220 g/mol. The summed E-state index contributed by atoms with van der Waals surface area (Å²) in [5.74, 6) is 0. The van der Waals surface area contributed by atoms with Gasteiger partial charge in [-0.2, -0.15) is 0 Å². The molecule has 0 amide bonds. The first-order chi connectivity index (χ1) is 6.35. The summed E-state index contributed by atoms with van der Waals surface area (Å²) in [6.45, 7) is 3.25. The molecule has 1 atom stereocenters. The Morgan fingerprint density at radius 3 is 2.21 bits per heavy atom. The summed E-state index contributed by atoms with van der Waals surface area (Å²) in [5.41, 5.74) is -0.161. The molecule has 0 aliphatic heterocycles. The first kappa shape index (κ1) is 11.7. The molecule has 0 aromatic carbocycles. The molecule has 2 N–H and O–H groups in total. The van der Waals surface area contributed by atoms with Crippen LogP contribution in [0.5, 0.6) is 0 Å². The summed E-state index contributed by atoms with van der Waals surface area (Å²) in [7, 11) is -3.11. The van der Waals surface area contributed by atoms with Crippen LogP contribution in [0.25, 0.3) is 0 Å². The van der Waals surface area contributed by atoms with Gasteiger partial charge in [-0.15, -0.1) is 0 Å². The summed E-state index contributed by atoms with van der Waals surface area (Å²) in [5, 5.41) is 17.8. The van der Waals surface area contributed by atoms with Crippen LogP contribution in [0.2, 0.25) is 0 Å². The average molecular weight is 220 g/mol. The van der Waals surface area contributed by atoms with Crippen molar-refractivity contribution in [1.29, 1.82) is 0 Å². The predicted molar refractivity (Wildman–Crippen MR) is 53.6 cm³/mol. The lowest BCUT2D eigenvalue weighted by molar-refractivity contribution is 0.0898. The Hall–Kier alpha value is -0.390. The molecule has 1 aliphatic carbocycles. The molecule has 0 unspecified atom stereocenters. The lowest BCUT2D eigenvalue weighted by Gasteiger charge is -2.25. The molecule has 0 saturated heterocycles. The minimum absolute atomic E-state index is 0.242. The van der Waals surface area contributed by atoms with E-state index < -0.39 is 20.5 Å². The van der Waals surface area contributed by atoms with Gasteiger partial charge in [-0.05, 0) is 12.8 Å². The van der Waals surface area contributed by atoms with Crippen LogP contribution in [0.4, 0.5) is 0 Å². The predicted octanol–water partition coefficient (Wildman–Crippen LogP) is -0.279. The van der Waals surface area contributed by atoms with Crippen LogP contribution in [-0.2, 0) is 9.84 Å². The van der Waals surface area contributed by atoms with Crippen LogP contribution >= 0.6 is 0 Å². The van der Waals surface area contributed by atoms with Crippen molar-refractivity contribution in [2.75, 3.05) is 19.5 Å². The highest BCUT2D eigenvalue weighted by Gasteiger charge is 2.44. The normalized spacial score (nSPS) is 26.8. The van der Waals surface area contributed by atoms with Gasteiger partial charge in [0.05, 0.1) is 18.5 Å². The van der Waals surface area contributed by atoms with Gasteiger partial charge in [0.1, 0.15) is 0 Å². The van der Waals surface area contributed by atoms with E-state index in [4.69, 9.17) is 10.2 Å². The molecule has 1 saturated carbocycles. The average Bonchev–Trinajstić information content (AvgIpc) is 2.43. The Morgan fingerprint density at radius 2 is 2.00 bits per heavy atom. The first-order valence-corrected chi connectivity index (χ1v) is 6.40. The Balaban J connectivity index is 2.94. The highest BCUT2D eigenvalue weighted by Crippen LogP contribution is 2.43. The van der Waals surface area contributed by atoms with Crippen LogP contribution in [0.3, 0.4) is 0 Å². The molecule has 1 rings (SSSR count). The van der Waals surface area contributed by atoms with Gasteiger partial charge in [0, 0.05) is 11.7 Å². The van der Waals surface area contributed by atoms with E-state index in [1.165, 1.54) is 6.26 Å². The second kappa shape index (κ2) is 3.64. The number of aliphatic hydroxyl groups is 2. The van der Waals surface area contributed by atoms with Gasteiger partial charge in [0.25, 0.3) is 0 Å². The molecular formula is C9H16O4S. The molecule has 0 radical (unpaired) electrons. The first-order valence-electron chi connectivity index (χ1n) is 4.44. The van der Waals surface area contributed by atoms with E-state index in [9.17, 15) is 8.42 Å². The second-order valence-corrected chi connectivity index (χ2v) is 6.39. The maximum atomic E-state index is 11.3. The third-order valence-corrected chi connectivity index (χ3v) is 4.60. The van der Waals surface area contributed by atoms with Gasteiger partial charge >= 0.3 is 0 Å². The van der Waals surface area contributed by atoms with Gasteiger partial charge in [-0.25, -0.2) is 8.42 Å². The molecule has 1 aliphatic rings. The smallest absolute Gasteiger partial charge is 0.150 e. The van der Waals surface area contributed by atoms with Crippen LogP contribution in [-0.4, -0.2) is 43.4 Å². The zero-order valence-corrected chi connectivity index (χ0v) is 9.05. The Labute approximate surface area is 84.2 Å². The highest BCUT2D eigenvalue weighted by molar-refractivity contribution is 7.91. The van der Waals surface area contributed by atoms with Crippen molar-refractivity contribution in [3.05, 3.63) is 12.2 Å². The second-order valence-electron chi connectivity index (χ2n) is 4.06. The Bertz CT molecular complexity index is 327. The molecule has 0 aromatic rings. The molecule has 1 fully saturated rings. The molecule has 0 heterocycles. The highest BCUT2D eigenvalue weighted by atomic mass is 32.2. The lowest BCUT2D eigenvalue weighted by Crippen LogP contribution is -2.29. The van der Waals surface area contributed by atoms with E-state index in [1.54, 1.807) is 0 Å². The van der Waals surface area contributed by atoms with Crippen molar-refractivity contribution in [2.45, 2.75) is 18.1 Å². The molecular weight excluding hydrogens is 204 g/mol. The number of rotatable bonds is 3. The third-order valence-electron chi connectivity index (χ3n) is 3.05. The van der Waals surface area contributed by atoms with Crippen molar-refractivity contribution < 1.29 is 18.6 Å². The Morgan fingerprint density at radius 1 is 1.50 bits per heavy atom. The fourth-order valence-electron chi connectivity index (χ4n) is 1.85. The summed E-state index contributed by atoms with van der Waals surface area (Å²) in [4.78, 5) is 0. The zero-order chi connectivity index (χ0) is 11.0. The van der Waals surface area contributed by atoms with Crippen LogP contribution < -0.4 is 0 Å². The van der Waals surface area contributed by atoms with Crippen molar-refractivity contribution in [2.24, 2.45) is 5.41 Å². The molecule has 5 heteroatoms. The van der Waals surface area contributed by atoms with E-state index in [2.05, 4.69) is 6.58 Å². The van der Waals surface area contributed by atoms with Crippen LogP contribution in [0, 0.1) is 5.41 Å². The molecule has 0 spiro atoms. The van der Waals surface area contributed by atoms with E-state index in [0.717, 1.165) is 0 Å². The van der Waals surface area contributed by atoms with Crippen molar-refractivity contribution >= 4 is 9.84 Å². The van der Waals surface area contributed by atoms with E-state index in [0.29, 0.717) is 12.0 Å². The minimum Gasteiger partial charge on any atom is -0.395 e. The van der Waals surface area contributed by atoms with Gasteiger partial charge in [0.2, 0.25) is 0 Å². The van der Waals surface area contributed by atoms with E-state index >= 15 is 0 Å². The zero-order valence-electron chi connectivity index (χ0n) is 8.23. The van der Waals surface area contributed by atoms with Gasteiger partial charge in [0.15, 0.2) is 9.84 Å². The minimum atomic E-state index is -3.11. The third kappa shape index (κ3) is 1.85. The molecule has 14 heavy (non-hydrogen) atoms. The summed E-state index contributed by atoms with van der Waals surface area (Å²) in [6, 6.07) is 0. The number of hydrogen-bond donors (Lipinski definition) is 2. The topological polar surface area (TPSA) is 74.6 Å². The largest absolute Gasteiger partial charge is 0.395 e. The van der Waals surface area contributed by atoms with Gasteiger partial charge in [-0.3, -0.25) is 0 Å². The summed E-state index contributed by atoms with van der Waals surface area (Å²) < 4.78 is 22.6. The van der Waals surface area contributed by atoms with E-state index in [1.807, 2.05) is 0 Å². The maximum Gasteiger partial charge on any atom is 0.150 e. The van der Waals surface area contributed by atoms with Gasteiger partial charge < -0.3 is 10.2 Å². The van der Waals surface area contributed by atoms with Crippen molar-refractivity contribution in [1.82, 2.24) is 0 Å². The van der Waals surface area contributed by atoms with E-state index in [-0.39, 0.29) is 19.6 Å². The van der Waals surface area contributed by atoms with Crippen molar-refractivity contribution in [3.63, 3.8) is 0 Å². The summed E-state index contributed by atoms with van der Waals surface area (Å²) >= 11 is 0. The summed E-state index contributed by atoms with van der Waals surface area (Å²) in [6.07, 6.45) is 1.80. The van der Waals surface area contributed by atoms with Gasteiger partial charge in [-0.1, -0.05) is 12.2 Å². The maximum absolute atomic E-state index is 11.3. The lowest BCUT2D eigenvalue weighted by atomic mass is 9.85. The Kier molecular flexibility index (Phi) is 3.04. The standard InChI is InChI=1S/C9H16O4S/c1-7-3-8(14(2,12)13)4-9(7,5-10)6-11/h8,10-11H,1,3-6H2,2H3/t8-/m0/s1. The fourth-order valence-corrected chi connectivity index (χ4v) is 2.97. The fraction of sp³-hybridized carbons (Fsp3) is 0.778. The van der Waals surface area contributed by atoms with Crippen LogP contribution in [0.15, 0.2) is 12.2 Å². The number of sulfone groups is 1. The quantitative estimate of drug-likeness (QED) is 0.642. The van der Waals surface area contributed by atoms with Crippen molar-refractivity contribution in [3.8, 4) is 0 Å². The number of aliphatic hydroxyl groups excluding tert-OH is 2. The molecule has 82 valence electrons. The number of hydrogen-bond acceptors (Lipinski definition) is 4. The molecule has 0 aromatic heterocycles.